The number of anilines is 1. The first-order valence-electron chi connectivity index (χ1n) is 6.26. The lowest BCUT2D eigenvalue weighted by Gasteiger charge is -2.19. The first-order chi connectivity index (χ1) is 9.00. The molecule has 19 heavy (non-hydrogen) atoms. The molecule has 2 rings (SSSR count). The summed E-state index contributed by atoms with van der Waals surface area (Å²) in [5, 5.41) is 0.809. The van der Waals surface area contributed by atoms with Crippen molar-refractivity contribution in [3.8, 4) is 0 Å². The maximum Gasteiger partial charge on any atom is 0.255 e. The first kappa shape index (κ1) is 13.4. The fraction of sp³-hybridized carbons (Fsp3) is 0.357. The number of amides is 1. The zero-order chi connectivity index (χ0) is 14.0. The summed E-state index contributed by atoms with van der Waals surface area (Å²) < 4.78 is 0. The van der Waals surface area contributed by atoms with Crippen LogP contribution in [0.5, 0.6) is 0 Å². The first-order valence-corrected chi connectivity index (χ1v) is 6.26. The SMILES string of the molecule is CN(C)CCN(C)C(=O)c1c[nH]c2cccc(N)c12. The molecule has 1 amide bonds. The summed E-state index contributed by atoms with van der Waals surface area (Å²) in [4.78, 5) is 19.3. The molecular weight excluding hydrogens is 240 g/mol. The predicted octanol–water partition coefficient (Wildman–Crippen LogP) is 1.38. The summed E-state index contributed by atoms with van der Waals surface area (Å²) in [5.74, 6) is -0.00833. The van der Waals surface area contributed by atoms with E-state index in [0.29, 0.717) is 17.8 Å². The molecule has 1 heterocycles. The molecule has 0 bridgehead atoms. The van der Waals surface area contributed by atoms with E-state index in [1.807, 2.05) is 44.2 Å². The van der Waals surface area contributed by atoms with Gasteiger partial charge in [0.2, 0.25) is 0 Å². The van der Waals surface area contributed by atoms with Crippen LogP contribution in [0.25, 0.3) is 10.9 Å². The molecule has 5 nitrogen and oxygen atoms in total. The van der Waals surface area contributed by atoms with Crippen molar-refractivity contribution in [2.24, 2.45) is 0 Å². The number of carbonyl (C=O) groups excluding carboxylic acids is 1. The van der Waals surface area contributed by atoms with Crippen LogP contribution in [0.2, 0.25) is 0 Å². The zero-order valence-electron chi connectivity index (χ0n) is 11.6. The molecule has 1 aromatic carbocycles. The molecule has 0 atom stereocenters. The molecule has 0 aliphatic heterocycles. The van der Waals surface area contributed by atoms with Crippen LogP contribution in [0, 0.1) is 0 Å². The third-order valence-corrected chi connectivity index (χ3v) is 3.20. The van der Waals surface area contributed by atoms with E-state index in [1.54, 1.807) is 11.1 Å². The lowest BCUT2D eigenvalue weighted by atomic mass is 10.1. The number of hydrogen-bond acceptors (Lipinski definition) is 3. The Balaban J connectivity index is 2.26. The number of H-pyrrole nitrogens is 1. The van der Waals surface area contributed by atoms with Crippen molar-refractivity contribution in [1.82, 2.24) is 14.8 Å². The van der Waals surface area contributed by atoms with Gasteiger partial charge in [-0.3, -0.25) is 4.79 Å². The van der Waals surface area contributed by atoms with Crippen molar-refractivity contribution in [2.45, 2.75) is 0 Å². The summed E-state index contributed by atoms with van der Waals surface area (Å²) in [6.45, 7) is 1.52. The average Bonchev–Trinajstić information content (AvgIpc) is 2.80. The molecule has 3 N–H and O–H groups in total. The van der Waals surface area contributed by atoms with E-state index in [0.717, 1.165) is 17.4 Å². The van der Waals surface area contributed by atoms with Gasteiger partial charge in [0.15, 0.2) is 0 Å². The molecule has 1 aromatic heterocycles. The molecule has 102 valence electrons. The molecular formula is C14H20N4O. The Bertz CT molecular complexity index is 588. The highest BCUT2D eigenvalue weighted by atomic mass is 16.2. The highest BCUT2D eigenvalue weighted by Crippen LogP contribution is 2.25. The van der Waals surface area contributed by atoms with Gasteiger partial charge in [-0.1, -0.05) is 6.07 Å². The van der Waals surface area contributed by atoms with Gasteiger partial charge in [-0.05, 0) is 26.2 Å². The Hall–Kier alpha value is -2.01. The zero-order valence-corrected chi connectivity index (χ0v) is 11.6. The quantitative estimate of drug-likeness (QED) is 0.816. The Labute approximate surface area is 113 Å². The topological polar surface area (TPSA) is 65.4 Å². The van der Waals surface area contributed by atoms with E-state index in [1.165, 1.54) is 0 Å². The third-order valence-electron chi connectivity index (χ3n) is 3.20. The number of hydrogen-bond donors (Lipinski definition) is 2. The summed E-state index contributed by atoms with van der Waals surface area (Å²) in [7, 11) is 5.79. The summed E-state index contributed by atoms with van der Waals surface area (Å²) in [6.07, 6.45) is 1.73. The Morgan fingerprint density at radius 2 is 2.00 bits per heavy atom. The van der Waals surface area contributed by atoms with Crippen molar-refractivity contribution in [3.05, 3.63) is 30.0 Å². The largest absolute Gasteiger partial charge is 0.398 e. The highest BCUT2D eigenvalue weighted by molar-refractivity contribution is 6.10. The molecule has 0 aliphatic carbocycles. The standard InChI is InChI=1S/C14H20N4O/c1-17(2)7-8-18(3)14(19)10-9-16-12-6-4-5-11(15)13(10)12/h4-6,9,16H,7-8,15H2,1-3H3. The monoisotopic (exact) mass is 260 g/mol. The van der Waals surface area contributed by atoms with Gasteiger partial charge in [0.25, 0.3) is 5.91 Å². The lowest BCUT2D eigenvalue weighted by Crippen LogP contribution is -2.33. The Morgan fingerprint density at radius 1 is 1.26 bits per heavy atom. The van der Waals surface area contributed by atoms with Crippen LogP contribution >= 0.6 is 0 Å². The fourth-order valence-corrected chi connectivity index (χ4v) is 2.04. The number of nitrogens with two attached hydrogens (primary N) is 1. The Morgan fingerprint density at radius 3 is 2.68 bits per heavy atom. The van der Waals surface area contributed by atoms with Gasteiger partial charge in [0, 0.05) is 42.9 Å². The van der Waals surface area contributed by atoms with Crippen molar-refractivity contribution in [3.63, 3.8) is 0 Å². The number of aromatic amines is 1. The van der Waals surface area contributed by atoms with Crippen LogP contribution in [0.3, 0.4) is 0 Å². The second-order valence-electron chi connectivity index (χ2n) is 5.00. The van der Waals surface area contributed by atoms with Gasteiger partial charge < -0.3 is 20.5 Å². The van der Waals surface area contributed by atoms with Crippen molar-refractivity contribution in [2.75, 3.05) is 40.0 Å². The van der Waals surface area contributed by atoms with E-state index < -0.39 is 0 Å². The van der Waals surface area contributed by atoms with Gasteiger partial charge in [-0.15, -0.1) is 0 Å². The summed E-state index contributed by atoms with van der Waals surface area (Å²) >= 11 is 0. The Kier molecular flexibility index (Phi) is 3.76. The van der Waals surface area contributed by atoms with Gasteiger partial charge in [0.1, 0.15) is 0 Å². The fourth-order valence-electron chi connectivity index (χ4n) is 2.04. The van der Waals surface area contributed by atoms with Gasteiger partial charge >= 0.3 is 0 Å². The van der Waals surface area contributed by atoms with E-state index in [-0.39, 0.29) is 5.91 Å². The highest BCUT2D eigenvalue weighted by Gasteiger charge is 2.17. The van der Waals surface area contributed by atoms with Crippen molar-refractivity contribution >= 4 is 22.5 Å². The predicted molar refractivity (Wildman–Crippen MR) is 78.2 cm³/mol. The average molecular weight is 260 g/mol. The van der Waals surface area contributed by atoms with Crippen LogP contribution in [0.4, 0.5) is 5.69 Å². The molecule has 0 saturated heterocycles. The van der Waals surface area contributed by atoms with Gasteiger partial charge in [-0.2, -0.15) is 0 Å². The second-order valence-corrected chi connectivity index (χ2v) is 5.00. The number of fused-ring (bicyclic) bond motifs is 1. The van der Waals surface area contributed by atoms with Crippen LogP contribution in [0.15, 0.2) is 24.4 Å². The maximum atomic E-state index is 12.4. The van der Waals surface area contributed by atoms with Crippen LogP contribution in [-0.4, -0.2) is 54.9 Å². The summed E-state index contributed by atoms with van der Waals surface area (Å²) in [5.41, 5.74) is 8.12. The van der Waals surface area contributed by atoms with Crippen LogP contribution < -0.4 is 5.73 Å². The second kappa shape index (κ2) is 5.32. The van der Waals surface area contributed by atoms with E-state index in [2.05, 4.69) is 4.98 Å². The molecule has 5 heteroatoms. The third kappa shape index (κ3) is 2.71. The molecule has 0 aliphatic rings. The van der Waals surface area contributed by atoms with E-state index in [4.69, 9.17) is 5.73 Å². The van der Waals surface area contributed by atoms with Crippen molar-refractivity contribution in [1.29, 1.82) is 0 Å². The number of nitrogen functional groups attached to an aromatic ring is 1. The number of nitrogens with one attached hydrogen (secondary N) is 1. The number of likely N-dealkylation sites (N-methyl/N-ethyl adjacent to an activating group) is 2. The van der Waals surface area contributed by atoms with Crippen LogP contribution in [0.1, 0.15) is 10.4 Å². The van der Waals surface area contributed by atoms with Gasteiger partial charge in [-0.25, -0.2) is 0 Å². The number of benzene rings is 1. The number of aromatic nitrogens is 1. The van der Waals surface area contributed by atoms with E-state index >= 15 is 0 Å². The molecule has 0 unspecified atom stereocenters. The maximum absolute atomic E-state index is 12.4. The number of rotatable bonds is 4. The minimum atomic E-state index is -0.00833. The van der Waals surface area contributed by atoms with Gasteiger partial charge in [0.05, 0.1) is 5.56 Å². The molecule has 2 aromatic rings. The van der Waals surface area contributed by atoms with Crippen LogP contribution in [-0.2, 0) is 0 Å². The smallest absolute Gasteiger partial charge is 0.255 e. The number of nitrogens with zero attached hydrogens (tertiary/aromatic N) is 2. The minimum absolute atomic E-state index is 0.00833. The summed E-state index contributed by atoms with van der Waals surface area (Å²) in [6, 6.07) is 5.60. The lowest BCUT2D eigenvalue weighted by molar-refractivity contribution is 0.0788. The molecule has 0 saturated carbocycles. The van der Waals surface area contributed by atoms with E-state index in [9.17, 15) is 4.79 Å². The number of carbonyl (C=O) groups is 1. The van der Waals surface area contributed by atoms with Crippen molar-refractivity contribution < 1.29 is 4.79 Å². The minimum Gasteiger partial charge on any atom is -0.398 e. The normalized spacial score (nSPS) is 11.2. The molecule has 0 radical (unpaired) electrons. The molecule has 0 fully saturated rings. The molecule has 0 spiro atoms.